The van der Waals surface area contributed by atoms with Gasteiger partial charge in [0.2, 0.25) is 0 Å². The molecule has 26 heavy (non-hydrogen) atoms. The standard InChI is InChI=1S/C21H20N2O3/c1-15-16(18-8-2-3-10-22-18)6-4-7-17(15)21(24)23-11-13-26-20(14-23)19-9-5-12-25-19/h2-10,12,20H,11,13-14H2,1H3. The van der Waals surface area contributed by atoms with Crippen molar-refractivity contribution < 1.29 is 13.9 Å². The molecule has 5 nitrogen and oxygen atoms in total. The first kappa shape index (κ1) is 16.5. The van der Waals surface area contributed by atoms with E-state index in [4.69, 9.17) is 9.15 Å². The van der Waals surface area contributed by atoms with E-state index in [1.54, 1.807) is 12.5 Å². The summed E-state index contributed by atoms with van der Waals surface area (Å²) in [5.74, 6) is 0.765. The highest BCUT2D eigenvalue weighted by Crippen LogP contribution is 2.27. The van der Waals surface area contributed by atoms with Crippen molar-refractivity contribution in [3.05, 3.63) is 77.9 Å². The van der Waals surface area contributed by atoms with Crippen molar-refractivity contribution in [1.29, 1.82) is 0 Å². The highest BCUT2D eigenvalue weighted by molar-refractivity contribution is 5.97. The van der Waals surface area contributed by atoms with Crippen molar-refractivity contribution in [2.45, 2.75) is 13.0 Å². The van der Waals surface area contributed by atoms with Gasteiger partial charge in [-0.3, -0.25) is 9.78 Å². The van der Waals surface area contributed by atoms with Crippen LogP contribution >= 0.6 is 0 Å². The van der Waals surface area contributed by atoms with Gasteiger partial charge < -0.3 is 14.1 Å². The average Bonchev–Trinajstić information content (AvgIpc) is 3.23. The molecule has 0 saturated carbocycles. The second kappa shape index (κ2) is 7.14. The topological polar surface area (TPSA) is 55.6 Å². The lowest BCUT2D eigenvalue weighted by atomic mass is 9.98. The van der Waals surface area contributed by atoms with Crippen LogP contribution in [0.5, 0.6) is 0 Å². The van der Waals surface area contributed by atoms with E-state index in [-0.39, 0.29) is 12.0 Å². The summed E-state index contributed by atoms with van der Waals surface area (Å²) >= 11 is 0. The summed E-state index contributed by atoms with van der Waals surface area (Å²) in [5, 5.41) is 0. The third kappa shape index (κ3) is 3.13. The van der Waals surface area contributed by atoms with Crippen LogP contribution in [0.2, 0.25) is 0 Å². The fourth-order valence-electron chi connectivity index (χ4n) is 3.32. The van der Waals surface area contributed by atoms with Crippen LogP contribution in [0.4, 0.5) is 0 Å². The van der Waals surface area contributed by atoms with Crippen LogP contribution in [0.3, 0.4) is 0 Å². The van der Waals surface area contributed by atoms with Gasteiger partial charge in [-0.1, -0.05) is 18.2 Å². The van der Waals surface area contributed by atoms with Crippen molar-refractivity contribution >= 4 is 5.91 Å². The van der Waals surface area contributed by atoms with Crippen molar-refractivity contribution in [1.82, 2.24) is 9.88 Å². The fourth-order valence-corrected chi connectivity index (χ4v) is 3.32. The Morgan fingerprint density at radius 1 is 1.15 bits per heavy atom. The first-order valence-electron chi connectivity index (χ1n) is 8.69. The number of morpholine rings is 1. The van der Waals surface area contributed by atoms with E-state index in [2.05, 4.69) is 4.98 Å². The molecule has 0 aliphatic carbocycles. The summed E-state index contributed by atoms with van der Waals surface area (Å²) in [7, 11) is 0. The Kier molecular flexibility index (Phi) is 4.54. The van der Waals surface area contributed by atoms with E-state index < -0.39 is 0 Å². The smallest absolute Gasteiger partial charge is 0.254 e. The van der Waals surface area contributed by atoms with Gasteiger partial charge in [-0.2, -0.15) is 0 Å². The summed E-state index contributed by atoms with van der Waals surface area (Å²) < 4.78 is 11.2. The third-order valence-electron chi connectivity index (χ3n) is 4.72. The molecule has 1 fully saturated rings. The van der Waals surface area contributed by atoms with Gasteiger partial charge in [0.05, 0.1) is 25.1 Å². The lowest BCUT2D eigenvalue weighted by Crippen LogP contribution is -2.42. The third-order valence-corrected chi connectivity index (χ3v) is 4.72. The van der Waals surface area contributed by atoms with Gasteiger partial charge in [-0.15, -0.1) is 0 Å². The fraction of sp³-hybridized carbons (Fsp3) is 0.238. The second-order valence-electron chi connectivity index (χ2n) is 6.32. The number of carbonyl (C=O) groups is 1. The van der Waals surface area contributed by atoms with Gasteiger partial charge in [0.25, 0.3) is 5.91 Å². The number of benzene rings is 1. The van der Waals surface area contributed by atoms with Gasteiger partial charge in [0, 0.05) is 23.9 Å². The lowest BCUT2D eigenvalue weighted by molar-refractivity contribution is -0.0321. The number of hydrogen-bond donors (Lipinski definition) is 0. The number of rotatable bonds is 3. The zero-order valence-corrected chi connectivity index (χ0v) is 14.6. The Bertz CT molecular complexity index is 891. The molecule has 1 unspecified atom stereocenters. The summed E-state index contributed by atoms with van der Waals surface area (Å²) in [5.41, 5.74) is 3.49. The molecule has 0 bridgehead atoms. The van der Waals surface area contributed by atoms with E-state index in [0.717, 1.165) is 22.6 Å². The molecule has 3 aromatic rings. The van der Waals surface area contributed by atoms with Crippen LogP contribution < -0.4 is 0 Å². The first-order chi connectivity index (χ1) is 12.7. The lowest BCUT2D eigenvalue weighted by Gasteiger charge is -2.32. The molecule has 2 aromatic heterocycles. The van der Waals surface area contributed by atoms with Crippen LogP contribution in [0.1, 0.15) is 27.8 Å². The van der Waals surface area contributed by atoms with E-state index in [0.29, 0.717) is 25.3 Å². The molecule has 1 atom stereocenters. The molecule has 1 amide bonds. The van der Waals surface area contributed by atoms with Gasteiger partial charge in [0.1, 0.15) is 11.9 Å². The van der Waals surface area contributed by atoms with Gasteiger partial charge in [0.15, 0.2) is 0 Å². The predicted molar refractivity (Wildman–Crippen MR) is 97.7 cm³/mol. The zero-order chi connectivity index (χ0) is 17.9. The molecule has 0 spiro atoms. The normalized spacial score (nSPS) is 17.3. The average molecular weight is 348 g/mol. The maximum Gasteiger partial charge on any atom is 0.254 e. The Balaban J connectivity index is 1.60. The number of pyridine rings is 1. The molecule has 1 saturated heterocycles. The van der Waals surface area contributed by atoms with Gasteiger partial charge >= 0.3 is 0 Å². The van der Waals surface area contributed by atoms with Crippen molar-refractivity contribution in [2.24, 2.45) is 0 Å². The molecule has 1 aliphatic heterocycles. The molecular formula is C21H20N2O3. The number of hydrogen-bond acceptors (Lipinski definition) is 4. The number of carbonyl (C=O) groups excluding carboxylic acids is 1. The number of amides is 1. The molecule has 5 heteroatoms. The number of ether oxygens (including phenoxy) is 1. The van der Waals surface area contributed by atoms with E-state index in [1.807, 2.05) is 60.4 Å². The minimum atomic E-state index is -0.220. The molecule has 1 aromatic carbocycles. The van der Waals surface area contributed by atoms with Crippen molar-refractivity contribution in [3.8, 4) is 11.3 Å². The highest BCUT2D eigenvalue weighted by Gasteiger charge is 2.28. The number of furan rings is 1. The Morgan fingerprint density at radius 3 is 2.85 bits per heavy atom. The minimum absolute atomic E-state index is 0.0140. The largest absolute Gasteiger partial charge is 0.467 e. The van der Waals surface area contributed by atoms with Crippen LogP contribution in [-0.2, 0) is 4.74 Å². The van der Waals surface area contributed by atoms with Gasteiger partial charge in [-0.05, 0) is 42.8 Å². The second-order valence-corrected chi connectivity index (χ2v) is 6.32. The van der Waals surface area contributed by atoms with E-state index >= 15 is 0 Å². The summed E-state index contributed by atoms with van der Waals surface area (Å²) in [6, 6.07) is 15.3. The summed E-state index contributed by atoms with van der Waals surface area (Å²) in [6.07, 6.45) is 3.17. The Morgan fingerprint density at radius 2 is 2.08 bits per heavy atom. The molecule has 0 radical (unpaired) electrons. The maximum absolute atomic E-state index is 13.1. The molecule has 1 aliphatic rings. The van der Waals surface area contributed by atoms with Crippen LogP contribution in [-0.4, -0.2) is 35.5 Å². The molecular weight excluding hydrogens is 328 g/mol. The van der Waals surface area contributed by atoms with Crippen molar-refractivity contribution in [2.75, 3.05) is 19.7 Å². The van der Waals surface area contributed by atoms with Gasteiger partial charge in [-0.25, -0.2) is 0 Å². The van der Waals surface area contributed by atoms with E-state index in [1.165, 1.54) is 0 Å². The van der Waals surface area contributed by atoms with E-state index in [9.17, 15) is 4.79 Å². The summed E-state index contributed by atoms with van der Waals surface area (Å²) in [6.45, 7) is 3.53. The monoisotopic (exact) mass is 348 g/mol. The highest BCUT2D eigenvalue weighted by atomic mass is 16.5. The quantitative estimate of drug-likeness (QED) is 0.721. The van der Waals surface area contributed by atoms with Crippen molar-refractivity contribution in [3.63, 3.8) is 0 Å². The molecule has 0 N–H and O–H groups in total. The zero-order valence-electron chi connectivity index (χ0n) is 14.6. The first-order valence-corrected chi connectivity index (χ1v) is 8.69. The molecule has 3 heterocycles. The Hall–Kier alpha value is -2.92. The van der Waals surface area contributed by atoms with Crippen LogP contribution in [0.15, 0.2) is 65.4 Å². The Labute approximate surface area is 152 Å². The minimum Gasteiger partial charge on any atom is -0.467 e. The molecule has 4 rings (SSSR count). The van der Waals surface area contributed by atoms with Crippen LogP contribution in [0.25, 0.3) is 11.3 Å². The number of aromatic nitrogens is 1. The SMILES string of the molecule is Cc1c(C(=O)N2CCOC(c3ccco3)C2)cccc1-c1ccccn1. The van der Waals surface area contributed by atoms with Crippen LogP contribution in [0, 0.1) is 6.92 Å². The molecule has 132 valence electrons. The number of nitrogens with zero attached hydrogens (tertiary/aromatic N) is 2. The summed E-state index contributed by atoms with van der Waals surface area (Å²) in [4.78, 5) is 19.4. The maximum atomic E-state index is 13.1. The predicted octanol–water partition coefficient (Wildman–Crippen LogP) is 3.86.